The predicted molar refractivity (Wildman–Crippen MR) is 120 cm³/mol. The maximum atomic E-state index is 4.91. The van der Waals surface area contributed by atoms with Crippen LogP contribution in [0, 0.1) is 0 Å². The Bertz CT molecular complexity index is 906. The Morgan fingerprint density at radius 3 is 2.54 bits per heavy atom. The molecule has 1 aromatic carbocycles. The lowest BCUT2D eigenvalue weighted by Crippen LogP contribution is -2.46. The molecule has 1 fully saturated rings. The van der Waals surface area contributed by atoms with E-state index in [4.69, 9.17) is 15.0 Å². The summed E-state index contributed by atoms with van der Waals surface area (Å²) in [6, 6.07) is 10.2. The van der Waals surface area contributed by atoms with Crippen molar-refractivity contribution in [1.82, 2.24) is 19.9 Å². The van der Waals surface area contributed by atoms with Crippen molar-refractivity contribution in [3.8, 4) is 0 Å². The largest absolute Gasteiger partial charge is 0.352 e. The van der Waals surface area contributed by atoms with Gasteiger partial charge in [-0.25, -0.2) is 15.0 Å². The quantitative estimate of drug-likeness (QED) is 0.452. The molecule has 1 N–H and O–H groups in total. The van der Waals surface area contributed by atoms with E-state index in [-0.39, 0.29) is 0 Å². The van der Waals surface area contributed by atoms with Gasteiger partial charge in [-0.3, -0.25) is 0 Å². The average Bonchev–Trinajstić information content (AvgIpc) is 3.14. The fraction of sp³-hybridized carbons (Fsp3) is 0.450. The number of nitrogens with zero attached hydrogens (tertiary/aromatic N) is 5. The van der Waals surface area contributed by atoms with Gasteiger partial charge in [-0.05, 0) is 25.1 Å². The average molecular weight is 415 g/mol. The van der Waals surface area contributed by atoms with Crippen LogP contribution in [0.5, 0.6) is 0 Å². The highest BCUT2D eigenvalue weighted by Crippen LogP contribution is 2.34. The number of piperazine rings is 1. The number of hydrogen-bond acceptors (Lipinski definition) is 8. The first-order valence-electron chi connectivity index (χ1n) is 9.87. The van der Waals surface area contributed by atoms with Crippen LogP contribution in [-0.4, -0.2) is 58.3 Å². The van der Waals surface area contributed by atoms with Crippen LogP contribution in [0.3, 0.4) is 0 Å². The Morgan fingerprint density at radius 2 is 1.82 bits per heavy atom. The van der Waals surface area contributed by atoms with Gasteiger partial charge in [0.2, 0.25) is 0 Å². The molecule has 4 rings (SSSR count). The molecule has 0 saturated carbocycles. The van der Waals surface area contributed by atoms with Crippen molar-refractivity contribution in [2.24, 2.45) is 0 Å². The number of aromatic nitrogens is 3. The molecule has 0 radical (unpaired) electrons. The number of thioether (sulfide) groups is 1. The molecule has 148 valence electrons. The molecule has 1 aliphatic rings. The van der Waals surface area contributed by atoms with Crippen LogP contribution in [0.15, 0.2) is 35.5 Å². The lowest BCUT2D eigenvalue weighted by Gasteiger charge is -2.34. The van der Waals surface area contributed by atoms with Crippen LogP contribution in [0.4, 0.5) is 16.6 Å². The molecule has 2 aromatic heterocycles. The Kier molecular flexibility index (Phi) is 6.29. The number of hydrogen-bond donors (Lipinski definition) is 1. The van der Waals surface area contributed by atoms with Gasteiger partial charge in [0.1, 0.15) is 5.52 Å². The zero-order chi connectivity index (χ0) is 19.3. The topological polar surface area (TPSA) is 57.2 Å². The van der Waals surface area contributed by atoms with Crippen molar-refractivity contribution >= 4 is 50.1 Å². The third kappa shape index (κ3) is 4.39. The molecule has 0 aliphatic carbocycles. The smallest absolute Gasteiger partial charge is 0.191 e. The van der Waals surface area contributed by atoms with Gasteiger partial charge in [0.25, 0.3) is 0 Å². The highest BCUT2D eigenvalue weighted by molar-refractivity contribution is 7.99. The Morgan fingerprint density at radius 1 is 1.04 bits per heavy atom. The molecule has 0 bridgehead atoms. The van der Waals surface area contributed by atoms with Crippen molar-refractivity contribution in [3.63, 3.8) is 0 Å². The van der Waals surface area contributed by atoms with Crippen molar-refractivity contribution in [3.05, 3.63) is 30.3 Å². The molecular weight excluding hydrogens is 388 g/mol. The second kappa shape index (κ2) is 9.07. The van der Waals surface area contributed by atoms with Gasteiger partial charge in [0.15, 0.2) is 20.9 Å². The van der Waals surface area contributed by atoms with Gasteiger partial charge in [-0.2, -0.15) is 0 Å². The molecule has 0 amide bonds. The standard InChI is InChI=1S/C20H26N6S2/c1-3-14-27-19-23-17(26-12-10-25(4-2)11-13-26)16-18(24-19)28-20(22-16)21-15-8-6-5-7-9-15/h5-9H,3-4,10-14H2,1-2H3,(H,21,22). The van der Waals surface area contributed by atoms with E-state index in [1.807, 2.05) is 30.3 Å². The summed E-state index contributed by atoms with van der Waals surface area (Å²) >= 11 is 3.33. The first-order valence-corrected chi connectivity index (χ1v) is 11.7. The highest BCUT2D eigenvalue weighted by Gasteiger charge is 2.22. The minimum Gasteiger partial charge on any atom is -0.352 e. The molecular formula is C20H26N6S2. The Hall–Kier alpha value is -1.90. The number of anilines is 3. The minimum atomic E-state index is 0.859. The third-order valence-electron chi connectivity index (χ3n) is 4.80. The predicted octanol–water partition coefficient (Wildman–Crippen LogP) is 4.47. The number of fused-ring (bicyclic) bond motifs is 1. The molecule has 28 heavy (non-hydrogen) atoms. The summed E-state index contributed by atoms with van der Waals surface area (Å²) in [7, 11) is 0. The lowest BCUT2D eigenvalue weighted by molar-refractivity contribution is 0.270. The second-order valence-corrected chi connectivity index (χ2v) is 8.80. The lowest BCUT2D eigenvalue weighted by atomic mass is 10.3. The fourth-order valence-electron chi connectivity index (χ4n) is 3.24. The number of nitrogens with one attached hydrogen (secondary N) is 1. The highest BCUT2D eigenvalue weighted by atomic mass is 32.2. The third-order valence-corrected chi connectivity index (χ3v) is 6.72. The maximum Gasteiger partial charge on any atom is 0.191 e. The van der Waals surface area contributed by atoms with Gasteiger partial charge in [0.05, 0.1) is 0 Å². The van der Waals surface area contributed by atoms with Crippen LogP contribution in [0.25, 0.3) is 10.3 Å². The Balaban J connectivity index is 1.66. The zero-order valence-electron chi connectivity index (χ0n) is 16.4. The number of benzene rings is 1. The molecule has 6 nitrogen and oxygen atoms in total. The summed E-state index contributed by atoms with van der Waals surface area (Å²) < 4.78 is 0. The second-order valence-electron chi connectivity index (χ2n) is 6.76. The normalized spacial score (nSPS) is 15.3. The SMILES string of the molecule is CCCSc1nc(N2CCN(CC)CC2)c2nc(Nc3ccccc3)sc2n1. The summed E-state index contributed by atoms with van der Waals surface area (Å²) in [6.45, 7) is 9.61. The molecule has 0 unspecified atom stereocenters. The first-order chi connectivity index (χ1) is 13.8. The van der Waals surface area contributed by atoms with Gasteiger partial charge in [0, 0.05) is 37.6 Å². The summed E-state index contributed by atoms with van der Waals surface area (Å²) in [4.78, 5) is 20.4. The molecule has 8 heteroatoms. The molecule has 0 atom stereocenters. The van der Waals surface area contributed by atoms with Gasteiger partial charge in [-0.15, -0.1) is 0 Å². The summed E-state index contributed by atoms with van der Waals surface area (Å²) in [6.07, 6.45) is 1.11. The molecule has 3 heterocycles. The van der Waals surface area contributed by atoms with Crippen LogP contribution in [0.2, 0.25) is 0 Å². The number of rotatable bonds is 7. The molecule has 0 spiro atoms. The number of para-hydroxylation sites is 1. The van der Waals surface area contributed by atoms with Gasteiger partial charge >= 0.3 is 0 Å². The number of thiazole rings is 1. The summed E-state index contributed by atoms with van der Waals surface area (Å²) in [5.41, 5.74) is 1.95. The van der Waals surface area contributed by atoms with E-state index in [1.54, 1.807) is 23.1 Å². The van der Waals surface area contributed by atoms with Crippen molar-refractivity contribution in [2.75, 3.05) is 48.7 Å². The Labute approximate surface area is 174 Å². The van der Waals surface area contributed by atoms with Crippen molar-refractivity contribution in [2.45, 2.75) is 25.4 Å². The van der Waals surface area contributed by atoms with E-state index in [9.17, 15) is 0 Å². The summed E-state index contributed by atoms with van der Waals surface area (Å²) in [5, 5.41) is 5.13. The molecule has 1 saturated heterocycles. The van der Waals surface area contributed by atoms with Gasteiger partial charge < -0.3 is 15.1 Å². The van der Waals surface area contributed by atoms with E-state index in [1.165, 1.54) is 0 Å². The van der Waals surface area contributed by atoms with Crippen LogP contribution in [0.1, 0.15) is 20.3 Å². The summed E-state index contributed by atoms with van der Waals surface area (Å²) in [5.74, 6) is 2.01. The zero-order valence-corrected chi connectivity index (χ0v) is 18.0. The van der Waals surface area contributed by atoms with E-state index in [0.717, 1.165) is 77.0 Å². The van der Waals surface area contributed by atoms with E-state index in [0.29, 0.717) is 0 Å². The van der Waals surface area contributed by atoms with Crippen LogP contribution < -0.4 is 10.2 Å². The van der Waals surface area contributed by atoms with Crippen LogP contribution >= 0.6 is 23.1 Å². The number of likely N-dealkylation sites (N-methyl/N-ethyl adjacent to an activating group) is 1. The fourth-order valence-corrected chi connectivity index (χ4v) is 4.85. The van der Waals surface area contributed by atoms with E-state index < -0.39 is 0 Å². The first kappa shape index (κ1) is 19.4. The van der Waals surface area contributed by atoms with E-state index >= 15 is 0 Å². The van der Waals surface area contributed by atoms with E-state index in [2.05, 4.69) is 29.0 Å². The maximum absolute atomic E-state index is 4.91. The van der Waals surface area contributed by atoms with Crippen LogP contribution in [-0.2, 0) is 0 Å². The van der Waals surface area contributed by atoms with Crippen molar-refractivity contribution < 1.29 is 0 Å². The molecule has 3 aromatic rings. The monoisotopic (exact) mass is 414 g/mol. The molecule has 1 aliphatic heterocycles. The van der Waals surface area contributed by atoms with Gasteiger partial charge in [-0.1, -0.05) is 55.1 Å². The minimum absolute atomic E-state index is 0.859. The van der Waals surface area contributed by atoms with Crippen molar-refractivity contribution in [1.29, 1.82) is 0 Å².